The van der Waals surface area contributed by atoms with Gasteiger partial charge in [-0.15, -0.1) is 0 Å². The Balaban J connectivity index is 2.04. The summed E-state index contributed by atoms with van der Waals surface area (Å²) in [5, 5.41) is 9.99. The molecular weight excluding hydrogens is 296 g/mol. The second-order valence-corrected chi connectivity index (χ2v) is 4.81. The molecule has 1 aromatic carbocycles. The largest absolute Gasteiger partial charge is 0.388 e. The number of hydrogen-bond acceptors (Lipinski definition) is 3. The summed E-state index contributed by atoms with van der Waals surface area (Å²) in [6, 6.07) is 9.40. The van der Waals surface area contributed by atoms with Crippen LogP contribution in [0.4, 0.5) is 0 Å². The molecule has 2 rings (SSSR count). The van der Waals surface area contributed by atoms with Crippen LogP contribution in [0, 0.1) is 0 Å². The van der Waals surface area contributed by atoms with Gasteiger partial charge in [0.05, 0.1) is 12.4 Å². The quantitative estimate of drug-likeness (QED) is 0.941. The third-order valence-corrected chi connectivity index (χ3v) is 3.23. The van der Waals surface area contributed by atoms with Crippen molar-refractivity contribution in [1.82, 2.24) is 9.55 Å². The van der Waals surface area contributed by atoms with Crippen LogP contribution in [0.5, 0.6) is 0 Å². The predicted octanol–water partition coefficient (Wildman–Crippen LogP) is 2.13. The molecule has 0 saturated heterocycles. The molecular formula is C13H13BrN2O2. The van der Waals surface area contributed by atoms with E-state index < -0.39 is 6.10 Å². The van der Waals surface area contributed by atoms with Crippen LogP contribution in [0.2, 0.25) is 0 Å². The van der Waals surface area contributed by atoms with E-state index in [0.717, 1.165) is 5.56 Å². The lowest BCUT2D eigenvalue weighted by molar-refractivity contribution is 0.160. The highest BCUT2D eigenvalue weighted by atomic mass is 79.9. The first-order chi connectivity index (χ1) is 8.68. The van der Waals surface area contributed by atoms with Crippen molar-refractivity contribution in [2.24, 2.45) is 0 Å². The molecule has 2 aromatic rings. The average molecular weight is 309 g/mol. The number of halogens is 1. The van der Waals surface area contributed by atoms with E-state index in [0.29, 0.717) is 17.4 Å². The Labute approximate surface area is 113 Å². The minimum Gasteiger partial charge on any atom is -0.388 e. The molecule has 18 heavy (non-hydrogen) atoms. The maximum Gasteiger partial charge on any atom is 0.267 e. The van der Waals surface area contributed by atoms with Crippen LogP contribution in [-0.2, 0) is 6.54 Å². The van der Waals surface area contributed by atoms with Crippen LogP contribution in [0.25, 0.3) is 0 Å². The van der Waals surface area contributed by atoms with Crippen LogP contribution in [-0.4, -0.2) is 14.7 Å². The first-order valence-electron chi connectivity index (χ1n) is 5.61. The fraction of sp³-hybridized carbons (Fsp3) is 0.231. The van der Waals surface area contributed by atoms with Gasteiger partial charge >= 0.3 is 0 Å². The summed E-state index contributed by atoms with van der Waals surface area (Å²) in [4.78, 5) is 15.6. The molecule has 0 aliphatic carbocycles. The monoisotopic (exact) mass is 308 g/mol. The Kier molecular flexibility index (Phi) is 4.28. The molecule has 0 saturated carbocycles. The Morgan fingerprint density at radius 1 is 1.33 bits per heavy atom. The Morgan fingerprint density at radius 3 is 2.78 bits per heavy atom. The van der Waals surface area contributed by atoms with E-state index in [-0.39, 0.29) is 5.56 Å². The highest BCUT2D eigenvalue weighted by Crippen LogP contribution is 2.16. The van der Waals surface area contributed by atoms with Gasteiger partial charge in [-0.3, -0.25) is 9.36 Å². The minimum absolute atomic E-state index is 0.134. The van der Waals surface area contributed by atoms with Crippen LogP contribution < -0.4 is 5.56 Å². The van der Waals surface area contributed by atoms with Gasteiger partial charge in [-0.05, 0) is 27.9 Å². The molecule has 0 aliphatic rings. The second kappa shape index (κ2) is 5.93. The summed E-state index contributed by atoms with van der Waals surface area (Å²) >= 11 is 3.14. The fourth-order valence-electron chi connectivity index (χ4n) is 1.69. The van der Waals surface area contributed by atoms with E-state index in [9.17, 15) is 9.90 Å². The predicted molar refractivity (Wildman–Crippen MR) is 72.2 cm³/mol. The van der Waals surface area contributed by atoms with E-state index in [1.165, 1.54) is 17.1 Å². The summed E-state index contributed by atoms with van der Waals surface area (Å²) in [5.41, 5.74) is 0.721. The third kappa shape index (κ3) is 3.05. The zero-order valence-corrected chi connectivity index (χ0v) is 11.2. The average Bonchev–Trinajstić information content (AvgIpc) is 2.41. The fourth-order valence-corrected chi connectivity index (χ4v) is 2.03. The van der Waals surface area contributed by atoms with Gasteiger partial charge in [0.15, 0.2) is 0 Å². The van der Waals surface area contributed by atoms with Gasteiger partial charge in [0.25, 0.3) is 5.56 Å². The molecule has 94 valence electrons. The molecule has 0 radical (unpaired) electrons. The molecule has 1 atom stereocenters. The van der Waals surface area contributed by atoms with Gasteiger partial charge in [0.1, 0.15) is 4.47 Å². The van der Waals surface area contributed by atoms with Crippen molar-refractivity contribution < 1.29 is 5.11 Å². The summed E-state index contributed by atoms with van der Waals surface area (Å²) in [6.07, 6.45) is 2.84. The van der Waals surface area contributed by atoms with Crippen molar-refractivity contribution in [1.29, 1.82) is 0 Å². The van der Waals surface area contributed by atoms with Gasteiger partial charge < -0.3 is 5.11 Å². The van der Waals surface area contributed by atoms with E-state index in [2.05, 4.69) is 20.9 Å². The van der Waals surface area contributed by atoms with Crippen LogP contribution in [0.15, 0.2) is 52.1 Å². The SMILES string of the molecule is O=c1c(Br)cncn1CC[C@@H](O)c1ccccc1. The topological polar surface area (TPSA) is 55.1 Å². The molecule has 0 bridgehead atoms. The first kappa shape index (κ1) is 13.0. The number of aromatic nitrogens is 2. The number of aliphatic hydroxyl groups is 1. The maximum atomic E-state index is 11.7. The molecule has 1 aromatic heterocycles. The van der Waals surface area contributed by atoms with E-state index in [4.69, 9.17) is 0 Å². The lowest BCUT2D eigenvalue weighted by Crippen LogP contribution is -2.21. The number of benzene rings is 1. The zero-order chi connectivity index (χ0) is 13.0. The van der Waals surface area contributed by atoms with Gasteiger partial charge in [-0.25, -0.2) is 4.98 Å². The van der Waals surface area contributed by atoms with Gasteiger partial charge in [0.2, 0.25) is 0 Å². The van der Waals surface area contributed by atoms with Crippen molar-refractivity contribution in [2.45, 2.75) is 19.1 Å². The lowest BCUT2D eigenvalue weighted by Gasteiger charge is -2.11. The van der Waals surface area contributed by atoms with Crippen molar-refractivity contribution in [3.05, 3.63) is 63.2 Å². The number of aryl methyl sites for hydroxylation is 1. The summed E-state index contributed by atoms with van der Waals surface area (Å²) in [6.45, 7) is 0.432. The molecule has 0 unspecified atom stereocenters. The summed E-state index contributed by atoms with van der Waals surface area (Å²) in [7, 11) is 0. The summed E-state index contributed by atoms with van der Waals surface area (Å²) < 4.78 is 1.91. The highest BCUT2D eigenvalue weighted by molar-refractivity contribution is 9.10. The Morgan fingerprint density at radius 2 is 2.06 bits per heavy atom. The van der Waals surface area contributed by atoms with Gasteiger partial charge in [-0.2, -0.15) is 0 Å². The molecule has 4 nitrogen and oxygen atoms in total. The normalized spacial score (nSPS) is 12.3. The van der Waals surface area contributed by atoms with E-state index in [1.807, 2.05) is 30.3 Å². The number of rotatable bonds is 4. The van der Waals surface area contributed by atoms with Gasteiger partial charge in [-0.1, -0.05) is 30.3 Å². The molecule has 5 heteroatoms. The number of hydrogen-bond donors (Lipinski definition) is 1. The lowest BCUT2D eigenvalue weighted by atomic mass is 10.1. The van der Waals surface area contributed by atoms with Crippen molar-refractivity contribution in [2.75, 3.05) is 0 Å². The first-order valence-corrected chi connectivity index (χ1v) is 6.41. The van der Waals surface area contributed by atoms with Crippen LogP contribution >= 0.6 is 15.9 Å². The minimum atomic E-state index is -0.572. The maximum absolute atomic E-state index is 11.7. The zero-order valence-electron chi connectivity index (χ0n) is 9.66. The molecule has 0 aliphatic heterocycles. The Hall–Kier alpha value is -1.46. The van der Waals surface area contributed by atoms with Gasteiger partial charge in [0, 0.05) is 12.7 Å². The Bertz CT molecular complexity index is 569. The molecule has 1 heterocycles. The molecule has 0 amide bonds. The smallest absolute Gasteiger partial charge is 0.267 e. The molecule has 0 spiro atoms. The van der Waals surface area contributed by atoms with Crippen molar-refractivity contribution >= 4 is 15.9 Å². The second-order valence-electron chi connectivity index (χ2n) is 3.96. The van der Waals surface area contributed by atoms with Crippen molar-refractivity contribution in [3.63, 3.8) is 0 Å². The standard InChI is InChI=1S/C13H13BrN2O2/c14-11-8-15-9-16(13(11)18)7-6-12(17)10-4-2-1-3-5-10/h1-5,8-9,12,17H,6-7H2/t12-/m1/s1. The molecule has 1 N–H and O–H groups in total. The summed E-state index contributed by atoms with van der Waals surface area (Å²) in [5.74, 6) is 0. The highest BCUT2D eigenvalue weighted by Gasteiger charge is 2.08. The van der Waals surface area contributed by atoms with Crippen LogP contribution in [0.3, 0.4) is 0 Å². The van der Waals surface area contributed by atoms with Crippen molar-refractivity contribution in [3.8, 4) is 0 Å². The number of nitrogens with zero attached hydrogens (tertiary/aromatic N) is 2. The van der Waals surface area contributed by atoms with E-state index in [1.54, 1.807) is 0 Å². The van der Waals surface area contributed by atoms with E-state index >= 15 is 0 Å². The number of aliphatic hydroxyl groups excluding tert-OH is 1. The molecule has 0 fully saturated rings. The van der Waals surface area contributed by atoms with Crippen LogP contribution in [0.1, 0.15) is 18.1 Å². The third-order valence-electron chi connectivity index (χ3n) is 2.69.